The van der Waals surface area contributed by atoms with Crippen LogP contribution in [0.15, 0.2) is 35.3 Å². The Kier molecular flexibility index (Phi) is 4.41. The normalized spacial score (nSPS) is 16.0. The lowest BCUT2D eigenvalue weighted by Gasteiger charge is -2.18. The van der Waals surface area contributed by atoms with Gasteiger partial charge in [0.15, 0.2) is 5.43 Å². The highest BCUT2D eigenvalue weighted by Crippen LogP contribution is 2.36. The van der Waals surface area contributed by atoms with Gasteiger partial charge in [0.05, 0.1) is 6.04 Å². The summed E-state index contributed by atoms with van der Waals surface area (Å²) < 4.78 is 5.91. The van der Waals surface area contributed by atoms with E-state index in [0.29, 0.717) is 0 Å². The zero-order valence-corrected chi connectivity index (χ0v) is 15.1. The van der Waals surface area contributed by atoms with Crippen molar-refractivity contribution >= 4 is 5.91 Å². The van der Waals surface area contributed by atoms with Crippen LogP contribution < -0.4 is 15.5 Å². The summed E-state index contributed by atoms with van der Waals surface area (Å²) in [6.45, 7) is 7.93. The molecule has 0 saturated heterocycles. The standard InChI is InChI=1S/C20H24N2O3/c1-5-16(22-19(24)15-11-21-12(2)8-17(15)23)13-6-7-18-14(9-13)10-20(3,4)25-18/h6-9,11,16H,5,10H2,1-4H3,(H,21,23)(H,22,24)/t16-/m0/s1. The first-order chi connectivity index (χ1) is 11.8. The number of carbonyl (C=O) groups is 1. The Morgan fingerprint density at radius 2 is 2.12 bits per heavy atom. The van der Waals surface area contributed by atoms with Crippen LogP contribution in [0.2, 0.25) is 0 Å². The molecule has 0 radical (unpaired) electrons. The van der Waals surface area contributed by atoms with E-state index >= 15 is 0 Å². The number of H-pyrrole nitrogens is 1. The van der Waals surface area contributed by atoms with Gasteiger partial charge in [0.25, 0.3) is 5.91 Å². The van der Waals surface area contributed by atoms with E-state index < -0.39 is 0 Å². The highest BCUT2D eigenvalue weighted by atomic mass is 16.5. The van der Waals surface area contributed by atoms with E-state index in [2.05, 4.69) is 30.2 Å². The van der Waals surface area contributed by atoms with Crippen LogP contribution in [0.3, 0.4) is 0 Å². The van der Waals surface area contributed by atoms with E-state index in [1.807, 2.05) is 19.1 Å². The van der Waals surface area contributed by atoms with E-state index in [9.17, 15) is 9.59 Å². The number of fused-ring (bicyclic) bond motifs is 1. The van der Waals surface area contributed by atoms with E-state index in [4.69, 9.17) is 4.74 Å². The summed E-state index contributed by atoms with van der Waals surface area (Å²) in [5, 5.41) is 2.97. The first-order valence-electron chi connectivity index (χ1n) is 8.61. The van der Waals surface area contributed by atoms with Gasteiger partial charge in [0.1, 0.15) is 16.9 Å². The molecule has 1 amide bonds. The average Bonchev–Trinajstić information content (AvgIpc) is 2.85. The van der Waals surface area contributed by atoms with Crippen molar-refractivity contribution in [3.63, 3.8) is 0 Å². The molecule has 3 rings (SSSR count). The van der Waals surface area contributed by atoms with Crippen LogP contribution in [0.4, 0.5) is 0 Å². The molecular weight excluding hydrogens is 316 g/mol. The van der Waals surface area contributed by atoms with Gasteiger partial charge < -0.3 is 15.0 Å². The van der Waals surface area contributed by atoms with Crippen molar-refractivity contribution in [1.82, 2.24) is 10.3 Å². The first-order valence-corrected chi connectivity index (χ1v) is 8.61. The Morgan fingerprint density at radius 1 is 1.36 bits per heavy atom. The third kappa shape index (κ3) is 3.60. The summed E-state index contributed by atoms with van der Waals surface area (Å²) >= 11 is 0. The summed E-state index contributed by atoms with van der Waals surface area (Å²) in [6, 6.07) is 7.33. The monoisotopic (exact) mass is 340 g/mol. The quantitative estimate of drug-likeness (QED) is 0.897. The van der Waals surface area contributed by atoms with Gasteiger partial charge in [-0.1, -0.05) is 13.0 Å². The molecule has 0 unspecified atom stereocenters. The minimum Gasteiger partial charge on any atom is -0.487 e. The SMILES string of the molecule is CC[C@H](NC(=O)c1c[nH]c(C)cc1=O)c1ccc2c(c1)CC(C)(C)O2. The van der Waals surface area contributed by atoms with Crippen LogP contribution in [0.25, 0.3) is 0 Å². The molecule has 0 saturated carbocycles. The summed E-state index contributed by atoms with van der Waals surface area (Å²) in [6.07, 6.45) is 3.05. The largest absolute Gasteiger partial charge is 0.487 e. The second-order valence-corrected chi connectivity index (χ2v) is 7.23. The number of hydrogen-bond donors (Lipinski definition) is 2. The lowest BCUT2D eigenvalue weighted by molar-refractivity contribution is 0.0934. The maximum atomic E-state index is 12.5. The molecule has 1 aromatic heterocycles. The number of amides is 1. The fourth-order valence-corrected chi connectivity index (χ4v) is 3.25. The number of carbonyl (C=O) groups excluding carboxylic acids is 1. The van der Waals surface area contributed by atoms with Crippen LogP contribution in [-0.4, -0.2) is 16.5 Å². The Labute approximate surface area is 147 Å². The fourth-order valence-electron chi connectivity index (χ4n) is 3.25. The van der Waals surface area contributed by atoms with Gasteiger partial charge in [0.2, 0.25) is 0 Å². The maximum absolute atomic E-state index is 12.5. The highest BCUT2D eigenvalue weighted by Gasteiger charge is 2.30. The molecule has 2 aromatic rings. The molecule has 1 aliphatic rings. The van der Waals surface area contributed by atoms with Gasteiger partial charge in [0, 0.05) is 24.4 Å². The predicted octanol–water partition coefficient (Wildman–Crippen LogP) is 3.28. The topological polar surface area (TPSA) is 71.2 Å². The third-order valence-corrected chi connectivity index (χ3v) is 4.50. The number of benzene rings is 1. The second-order valence-electron chi connectivity index (χ2n) is 7.23. The number of ether oxygens (including phenoxy) is 1. The van der Waals surface area contributed by atoms with Crippen LogP contribution in [-0.2, 0) is 6.42 Å². The Morgan fingerprint density at radius 3 is 2.80 bits per heavy atom. The molecule has 0 fully saturated rings. The van der Waals surface area contributed by atoms with Crippen LogP contribution >= 0.6 is 0 Å². The van der Waals surface area contributed by atoms with Gasteiger partial charge in [-0.15, -0.1) is 0 Å². The molecule has 1 atom stereocenters. The van der Waals surface area contributed by atoms with Crippen molar-refractivity contribution in [2.45, 2.75) is 52.2 Å². The summed E-state index contributed by atoms with van der Waals surface area (Å²) in [5.41, 5.74) is 2.58. The molecular formula is C20H24N2O3. The molecule has 1 aromatic carbocycles. The first kappa shape index (κ1) is 17.3. The summed E-state index contributed by atoms with van der Waals surface area (Å²) in [4.78, 5) is 27.4. The van der Waals surface area contributed by atoms with E-state index in [0.717, 1.165) is 35.4 Å². The lowest BCUT2D eigenvalue weighted by atomic mass is 9.97. The van der Waals surface area contributed by atoms with Crippen molar-refractivity contribution in [1.29, 1.82) is 0 Å². The van der Waals surface area contributed by atoms with Crippen molar-refractivity contribution < 1.29 is 9.53 Å². The minimum atomic E-state index is -0.356. The van der Waals surface area contributed by atoms with Crippen molar-refractivity contribution in [2.75, 3.05) is 0 Å². The van der Waals surface area contributed by atoms with Crippen LogP contribution in [0.5, 0.6) is 5.75 Å². The molecule has 0 bridgehead atoms. The highest BCUT2D eigenvalue weighted by molar-refractivity contribution is 5.94. The third-order valence-electron chi connectivity index (χ3n) is 4.50. The van der Waals surface area contributed by atoms with Crippen LogP contribution in [0.1, 0.15) is 60.4 Å². The minimum absolute atomic E-state index is 0.134. The van der Waals surface area contributed by atoms with Gasteiger partial charge in [-0.2, -0.15) is 0 Å². The molecule has 2 heterocycles. The van der Waals surface area contributed by atoms with Crippen molar-refractivity contribution in [2.24, 2.45) is 0 Å². The van der Waals surface area contributed by atoms with E-state index in [1.165, 1.54) is 12.3 Å². The summed E-state index contributed by atoms with van der Waals surface area (Å²) in [7, 11) is 0. The molecule has 132 valence electrons. The molecule has 0 spiro atoms. The molecule has 25 heavy (non-hydrogen) atoms. The number of pyridine rings is 1. The number of aryl methyl sites for hydroxylation is 1. The number of hydrogen-bond acceptors (Lipinski definition) is 3. The maximum Gasteiger partial charge on any atom is 0.257 e. The van der Waals surface area contributed by atoms with Crippen molar-refractivity contribution in [3.8, 4) is 5.75 Å². The van der Waals surface area contributed by atoms with Gasteiger partial charge in [-0.05, 0) is 50.5 Å². The van der Waals surface area contributed by atoms with E-state index in [-0.39, 0.29) is 28.5 Å². The van der Waals surface area contributed by atoms with Gasteiger partial charge >= 0.3 is 0 Å². The predicted molar refractivity (Wildman–Crippen MR) is 97.2 cm³/mol. The average molecular weight is 340 g/mol. The second kappa shape index (κ2) is 6.39. The number of aromatic amines is 1. The molecule has 1 aliphatic heterocycles. The lowest BCUT2D eigenvalue weighted by Crippen LogP contribution is -2.32. The Hall–Kier alpha value is -2.56. The van der Waals surface area contributed by atoms with E-state index in [1.54, 1.807) is 6.92 Å². The Balaban J connectivity index is 1.82. The zero-order valence-electron chi connectivity index (χ0n) is 15.1. The van der Waals surface area contributed by atoms with Crippen LogP contribution in [0, 0.1) is 6.92 Å². The molecule has 5 nitrogen and oxygen atoms in total. The fraction of sp³-hybridized carbons (Fsp3) is 0.400. The molecule has 5 heteroatoms. The number of nitrogens with one attached hydrogen (secondary N) is 2. The van der Waals surface area contributed by atoms with Gasteiger partial charge in [-0.3, -0.25) is 9.59 Å². The Bertz CT molecular complexity index is 867. The van der Waals surface area contributed by atoms with Gasteiger partial charge in [-0.25, -0.2) is 0 Å². The molecule has 2 N–H and O–H groups in total. The number of rotatable bonds is 4. The smallest absolute Gasteiger partial charge is 0.257 e. The summed E-state index contributed by atoms with van der Waals surface area (Å²) in [5.74, 6) is 0.551. The number of aromatic nitrogens is 1. The zero-order chi connectivity index (χ0) is 18.2. The van der Waals surface area contributed by atoms with Crippen molar-refractivity contribution in [3.05, 3.63) is 63.1 Å². The molecule has 0 aliphatic carbocycles.